The van der Waals surface area contributed by atoms with Crippen molar-refractivity contribution in [1.82, 2.24) is 5.43 Å². The number of nitrogens with zero attached hydrogens (tertiary/aromatic N) is 1. The minimum Gasteiger partial charge on any atom is -0.492 e. The second-order valence-corrected chi connectivity index (χ2v) is 3.81. The Bertz CT molecular complexity index is 515. The van der Waals surface area contributed by atoms with E-state index in [-0.39, 0.29) is 30.2 Å². The van der Waals surface area contributed by atoms with Gasteiger partial charge >= 0.3 is 0 Å². The number of rotatable bonds is 2. The molecule has 0 unspecified atom stereocenters. The van der Waals surface area contributed by atoms with Crippen molar-refractivity contribution >= 4 is 11.6 Å². The van der Waals surface area contributed by atoms with Gasteiger partial charge in [0, 0.05) is 25.0 Å². The fourth-order valence-electron chi connectivity index (χ4n) is 1.65. The first-order valence-corrected chi connectivity index (χ1v) is 5.59. The third-order valence-corrected chi connectivity index (χ3v) is 2.54. The summed E-state index contributed by atoms with van der Waals surface area (Å²) in [4.78, 5) is 11.1. The van der Waals surface area contributed by atoms with Crippen LogP contribution in [0.25, 0.3) is 0 Å². The summed E-state index contributed by atoms with van der Waals surface area (Å²) in [5.41, 5.74) is 2.79. The maximum absolute atomic E-state index is 13.7. The van der Waals surface area contributed by atoms with Crippen molar-refractivity contribution in [2.45, 2.75) is 19.8 Å². The predicted molar refractivity (Wildman–Crippen MR) is 61.4 cm³/mol. The van der Waals surface area contributed by atoms with Gasteiger partial charge in [0.1, 0.15) is 17.4 Å². The molecule has 6 heteroatoms. The zero-order valence-corrected chi connectivity index (χ0v) is 9.80. The summed E-state index contributed by atoms with van der Waals surface area (Å²) in [7, 11) is 0. The molecule has 96 valence electrons. The molecular weight excluding hydrogens is 242 g/mol. The Balaban J connectivity index is 2.36. The fraction of sp³-hybridized carbons (Fsp3) is 0.333. The van der Waals surface area contributed by atoms with E-state index in [0.29, 0.717) is 12.1 Å². The summed E-state index contributed by atoms with van der Waals surface area (Å²) < 4.78 is 31.9. The van der Waals surface area contributed by atoms with Crippen molar-refractivity contribution in [2.75, 3.05) is 6.61 Å². The van der Waals surface area contributed by atoms with Crippen LogP contribution in [0.4, 0.5) is 8.78 Å². The molecule has 0 spiro atoms. The number of carbonyl (C=O) groups excluding carboxylic acids is 1. The molecule has 0 fully saturated rings. The zero-order chi connectivity index (χ0) is 13.1. The molecule has 0 saturated carbocycles. The Kier molecular flexibility index (Phi) is 3.55. The highest BCUT2D eigenvalue weighted by Crippen LogP contribution is 2.28. The number of carbonyl (C=O) groups is 1. The Labute approximate surface area is 103 Å². The summed E-state index contributed by atoms with van der Waals surface area (Å²) in [6.45, 7) is 1.96. The number of hydrogen-bond donors (Lipinski definition) is 1. The van der Waals surface area contributed by atoms with Crippen LogP contribution in [0.3, 0.4) is 0 Å². The maximum Gasteiger partial charge on any atom is 0.239 e. The fourth-order valence-corrected chi connectivity index (χ4v) is 1.65. The number of nitrogens with one attached hydrogen (secondary N) is 1. The normalized spacial score (nSPS) is 16.1. The molecule has 0 bridgehead atoms. The summed E-state index contributed by atoms with van der Waals surface area (Å²) >= 11 is 0. The maximum atomic E-state index is 13.7. The first kappa shape index (κ1) is 12.5. The summed E-state index contributed by atoms with van der Waals surface area (Å²) in [5, 5.41) is 3.86. The second-order valence-electron chi connectivity index (χ2n) is 3.81. The van der Waals surface area contributed by atoms with Crippen LogP contribution in [-0.2, 0) is 4.79 Å². The average Bonchev–Trinajstić information content (AvgIpc) is 2.35. The van der Waals surface area contributed by atoms with Crippen molar-refractivity contribution in [3.63, 3.8) is 0 Å². The summed E-state index contributed by atoms with van der Waals surface area (Å²) in [6, 6.07) is 1.87. The molecule has 1 N–H and O–H groups in total. The number of hydrogen-bond acceptors (Lipinski definition) is 3. The lowest BCUT2D eigenvalue weighted by atomic mass is 10.0. The smallest absolute Gasteiger partial charge is 0.239 e. The van der Waals surface area contributed by atoms with Gasteiger partial charge in [-0.05, 0) is 0 Å². The first-order valence-electron chi connectivity index (χ1n) is 5.59. The van der Waals surface area contributed by atoms with E-state index in [1.54, 1.807) is 6.92 Å². The highest BCUT2D eigenvalue weighted by Gasteiger charge is 2.22. The van der Waals surface area contributed by atoms with E-state index in [2.05, 4.69) is 10.5 Å². The number of benzene rings is 1. The van der Waals surface area contributed by atoms with E-state index in [9.17, 15) is 13.6 Å². The molecule has 0 atom stereocenters. The minimum atomic E-state index is -0.741. The lowest BCUT2D eigenvalue weighted by molar-refractivity contribution is -0.120. The van der Waals surface area contributed by atoms with Crippen LogP contribution in [0.15, 0.2) is 17.2 Å². The first-order chi connectivity index (χ1) is 8.61. The van der Waals surface area contributed by atoms with E-state index in [1.807, 2.05) is 0 Å². The van der Waals surface area contributed by atoms with Crippen molar-refractivity contribution in [1.29, 1.82) is 0 Å². The van der Waals surface area contributed by atoms with Gasteiger partial charge in [-0.2, -0.15) is 5.10 Å². The van der Waals surface area contributed by atoms with E-state index in [4.69, 9.17) is 4.74 Å². The van der Waals surface area contributed by atoms with Gasteiger partial charge in [-0.15, -0.1) is 0 Å². The molecule has 1 aromatic carbocycles. The molecule has 2 rings (SSSR count). The topological polar surface area (TPSA) is 50.7 Å². The molecule has 1 amide bonds. The number of halogens is 2. The molecule has 0 radical (unpaired) electrons. The van der Waals surface area contributed by atoms with Crippen molar-refractivity contribution in [3.8, 4) is 5.75 Å². The van der Waals surface area contributed by atoms with Gasteiger partial charge in [-0.3, -0.25) is 4.79 Å². The summed E-state index contributed by atoms with van der Waals surface area (Å²) in [5.74, 6) is -1.60. The Hall–Kier alpha value is -1.98. The number of amides is 1. The van der Waals surface area contributed by atoms with E-state index in [1.165, 1.54) is 0 Å². The van der Waals surface area contributed by atoms with Crippen molar-refractivity contribution < 1.29 is 18.3 Å². The second kappa shape index (κ2) is 5.12. The molecule has 4 nitrogen and oxygen atoms in total. The van der Waals surface area contributed by atoms with Crippen LogP contribution >= 0.6 is 0 Å². The largest absolute Gasteiger partial charge is 0.492 e. The van der Waals surface area contributed by atoms with Crippen LogP contribution in [0.2, 0.25) is 0 Å². The van der Waals surface area contributed by atoms with Gasteiger partial charge in [0.25, 0.3) is 0 Å². The average molecular weight is 254 g/mol. The molecule has 0 saturated heterocycles. The molecule has 1 aliphatic heterocycles. The van der Waals surface area contributed by atoms with Crippen LogP contribution in [-0.4, -0.2) is 18.2 Å². The third kappa shape index (κ3) is 2.47. The lowest BCUT2D eigenvalue weighted by Crippen LogP contribution is -2.24. The number of ether oxygens (including phenoxy) is 1. The quantitative estimate of drug-likeness (QED) is 0.820. The Morgan fingerprint density at radius 2 is 2.28 bits per heavy atom. The summed E-state index contributed by atoms with van der Waals surface area (Å²) in [6.07, 6.45) is 0.644. The van der Waals surface area contributed by atoms with Crippen LogP contribution in [0, 0.1) is 11.6 Å². The monoisotopic (exact) mass is 254 g/mol. The minimum absolute atomic E-state index is 0.110. The van der Waals surface area contributed by atoms with Gasteiger partial charge in [0.15, 0.2) is 0 Å². The van der Waals surface area contributed by atoms with Gasteiger partial charge in [-0.25, -0.2) is 14.2 Å². The van der Waals surface area contributed by atoms with Crippen LogP contribution < -0.4 is 10.2 Å². The molecular formula is C12H12F2N2O2. The zero-order valence-electron chi connectivity index (χ0n) is 9.80. The predicted octanol–water partition coefficient (Wildman–Crippen LogP) is 1.98. The molecule has 1 heterocycles. The molecule has 0 aliphatic carbocycles. The highest BCUT2D eigenvalue weighted by molar-refractivity contribution is 6.04. The van der Waals surface area contributed by atoms with Gasteiger partial charge in [0.2, 0.25) is 5.91 Å². The van der Waals surface area contributed by atoms with Crippen LogP contribution in [0.5, 0.6) is 5.75 Å². The lowest BCUT2D eigenvalue weighted by Gasteiger charge is -2.19. The Morgan fingerprint density at radius 1 is 1.50 bits per heavy atom. The molecule has 1 aromatic rings. The van der Waals surface area contributed by atoms with Gasteiger partial charge < -0.3 is 4.74 Å². The number of hydrazone groups is 1. The molecule has 1 aliphatic rings. The van der Waals surface area contributed by atoms with Crippen molar-refractivity contribution in [2.24, 2.45) is 5.10 Å². The van der Waals surface area contributed by atoms with Gasteiger partial charge in [-0.1, -0.05) is 6.92 Å². The van der Waals surface area contributed by atoms with E-state index >= 15 is 0 Å². The Morgan fingerprint density at radius 3 is 3.00 bits per heavy atom. The van der Waals surface area contributed by atoms with E-state index < -0.39 is 11.6 Å². The van der Waals surface area contributed by atoms with Gasteiger partial charge in [0.05, 0.1) is 17.9 Å². The third-order valence-electron chi connectivity index (χ3n) is 2.54. The molecule has 18 heavy (non-hydrogen) atoms. The SMILES string of the molecule is CCC(=O)NN=C1CCOc2cc(F)cc(F)c21. The number of fused-ring (bicyclic) bond motifs is 1. The standard InChI is InChI=1S/C12H12F2N2O2/c1-2-11(17)16-15-9-3-4-18-10-6-7(13)5-8(14)12(9)10/h5-6H,2-4H2,1H3,(H,16,17). The van der Waals surface area contributed by atoms with E-state index in [0.717, 1.165) is 12.1 Å². The van der Waals surface area contributed by atoms with Crippen LogP contribution in [0.1, 0.15) is 25.3 Å². The highest BCUT2D eigenvalue weighted by atomic mass is 19.1. The van der Waals surface area contributed by atoms with Crippen molar-refractivity contribution in [3.05, 3.63) is 29.3 Å². The molecule has 0 aromatic heterocycles.